The summed E-state index contributed by atoms with van der Waals surface area (Å²) in [6.45, 7) is 0.102. The molecule has 0 amide bonds. The first kappa shape index (κ1) is 16.7. The largest absolute Gasteiger partial charge is 0.495 e. The van der Waals surface area contributed by atoms with Crippen molar-refractivity contribution in [3.63, 3.8) is 0 Å². The Bertz CT molecular complexity index is 611. The van der Waals surface area contributed by atoms with E-state index in [1.165, 1.54) is 24.5 Å². The molecule has 0 unspecified atom stereocenters. The van der Waals surface area contributed by atoms with Gasteiger partial charge < -0.3 is 9.84 Å². The number of ether oxygens (including phenoxy) is 1. The third-order valence-corrected chi connectivity index (χ3v) is 6.18. The van der Waals surface area contributed by atoms with Crippen LogP contribution in [0.15, 0.2) is 27.6 Å². The van der Waals surface area contributed by atoms with E-state index in [9.17, 15) is 13.5 Å². The molecule has 0 aromatic heterocycles. The molecule has 1 aliphatic carbocycles. The molecular formula is C14H20BrNO4S. The van der Waals surface area contributed by atoms with Gasteiger partial charge in [-0.3, -0.25) is 0 Å². The maximum absolute atomic E-state index is 12.7. The molecule has 1 aromatic carbocycles. The third-order valence-electron chi connectivity index (χ3n) is 3.87. The van der Waals surface area contributed by atoms with Gasteiger partial charge in [0.2, 0.25) is 10.0 Å². The summed E-state index contributed by atoms with van der Waals surface area (Å²) in [6.07, 6.45) is 3.15. The van der Waals surface area contributed by atoms with Crippen LogP contribution in [0.5, 0.6) is 5.75 Å². The Labute approximate surface area is 134 Å². The van der Waals surface area contributed by atoms with Crippen LogP contribution in [0.3, 0.4) is 0 Å². The summed E-state index contributed by atoms with van der Waals surface area (Å²) in [6, 6.07) is 4.85. The molecule has 21 heavy (non-hydrogen) atoms. The minimum atomic E-state index is -3.71. The van der Waals surface area contributed by atoms with Crippen molar-refractivity contribution >= 4 is 26.0 Å². The number of sulfonamides is 1. The predicted octanol–water partition coefficient (Wildman–Crippen LogP) is 2.38. The summed E-state index contributed by atoms with van der Waals surface area (Å²) in [5.74, 6) is 0.295. The highest BCUT2D eigenvalue weighted by atomic mass is 79.9. The smallest absolute Gasteiger partial charge is 0.246 e. The average Bonchev–Trinajstić information content (AvgIpc) is 2.85. The normalized spacial score (nSPS) is 18.1. The van der Waals surface area contributed by atoms with Gasteiger partial charge in [0.05, 0.1) is 12.7 Å². The zero-order chi connectivity index (χ0) is 15.7. The molecule has 0 atom stereocenters. The lowest BCUT2D eigenvalue weighted by molar-refractivity contribution is 0.0333. The molecule has 1 aliphatic rings. The average molecular weight is 378 g/mol. The SMILES string of the molecule is COc1ccc(Br)cc1S(=O)(=O)N(C)CC1(O)CCCC1. The number of aliphatic hydroxyl groups is 1. The van der Waals surface area contributed by atoms with Gasteiger partial charge in [0, 0.05) is 18.1 Å². The number of hydrogen-bond acceptors (Lipinski definition) is 4. The van der Waals surface area contributed by atoms with Gasteiger partial charge in [0.15, 0.2) is 0 Å². The molecule has 7 heteroatoms. The van der Waals surface area contributed by atoms with Crippen molar-refractivity contribution in [3.05, 3.63) is 22.7 Å². The maximum Gasteiger partial charge on any atom is 0.246 e. The monoisotopic (exact) mass is 377 g/mol. The fourth-order valence-corrected chi connectivity index (χ4v) is 4.65. The van der Waals surface area contributed by atoms with Crippen molar-refractivity contribution in [3.8, 4) is 5.75 Å². The van der Waals surface area contributed by atoms with Crippen molar-refractivity contribution in [2.45, 2.75) is 36.2 Å². The number of rotatable bonds is 5. The summed E-state index contributed by atoms with van der Waals surface area (Å²) >= 11 is 3.28. The minimum Gasteiger partial charge on any atom is -0.495 e. The fourth-order valence-electron chi connectivity index (χ4n) is 2.71. The van der Waals surface area contributed by atoms with Crippen molar-refractivity contribution in [1.29, 1.82) is 0 Å². The van der Waals surface area contributed by atoms with Crippen molar-refractivity contribution in [2.24, 2.45) is 0 Å². The van der Waals surface area contributed by atoms with E-state index in [-0.39, 0.29) is 11.4 Å². The maximum atomic E-state index is 12.7. The number of likely N-dealkylation sites (N-methyl/N-ethyl adjacent to an activating group) is 1. The topological polar surface area (TPSA) is 66.8 Å². The van der Waals surface area contributed by atoms with Gasteiger partial charge in [-0.1, -0.05) is 28.8 Å². The summed E-state index contributed by atoms with van der Waals surface area (Å²) in [5, 5.41) is 10.4. The molecule has 118 valence electrons. The number of halogens is 1. The fraction of sp³-hybridized carbons (Fsp3) is 0.571. The van der Waals surface area contributed by atoms with Crippen LogP contribution in [0.25, 0.3) is 0 Å². The number of benzene rings is 1. The van der Waals surface area contributed by atoms with Crippen LogP contribution in [0.1, 0.15) is 25.7 Å². The lowest BCUT2D eigenvalue weighted by atomic mass is 10.0. The standard InChI is InChI=1S/C14H20BrNO4S/c1-16(10-14(17)7-3-4-8-14)21(18,19)13-9-11(15)5-6-12(13)20-2/h5-6,9,17H,3-4,7-8,10H2,1-2H3. The molecule has 5 nitrogen and oxygen atoms in total. The molecule has 0 spiro atoms. The highest BCUT2D eigenvalue weighted by Gasteiger charge is 2.36. The van der Waals surface area contributed by atoms with E-state index in [1.54, 1.807) is 12.1 Å². The van der Waals surface area contributed by atoms with Gasteiger partial charge in [0.1, 0.15) is 10.6 Å². The minimum absolute atomic E-state index is 0.100. The van der Waals surface area contributed by atoms with Crippen molar-refractivity contribution in [1.82, 2.24) is 4.31 Å². The van der Waals surface area contributed by atoms with Crippen molar-refractivity contribution in [2.75, 3.05) is 20.7 Å². The molecule has 1 saturated carbocycles. The zero-order valence-electron chi connectivity index (χ0n) is 12.2. The Morgan fingerprint density at radius 1 is 1.38 bits per heavy atom. The Balaban J connectivity index is 2.31. The number of hydrogen-bond donors (Lipinski definition) is 1. The van der Waals surface area contributed by atoms with E-state index in [0.29, 0.717) is 23.1 Å². The van der Waals surface area contributed by atoms with Crippen LogP contribution in [-0.4, -0.2) is 44.1 Å². The van der Waals surface area contributed by atoms with Crippen LogP contribution < -0.4 is 4.74 Å². The molecule has 0 aliphatic heterocycles. The lowest BCUT2D eigenvalue weighted by Gasteiger charge is -2.28. The first-order chi connectivity index (χ1) is 9.78. The predicted molar refractivity (Wildman–Crippen MR) is 83.9 cm³/mol. The van der Waals surface area contributed by atoms with Crippen molar-refractivity contribution < 1.29 is 18.3 Å². The van der Waals surface area contributed by atoms with Gasteiger partial charge in [-0.05, 0) is 31.0 Å². The van der Waals surface area contributed by atoms with Gasteiger partial charge in [-0.2, -0.15) is 4.31 Å². The highest BCUT2D eigenvalue weighted by molar-refractivity contribution is 9.10. The van der Waals surface area contributed by atoms with E-state index in [2.05, 4.69) is 15.9 Å². The van der Waals surface area contributed by atoms with Crippen LogP contribution in [0.4, 0.5) is 0 Å². The second-order valence-electron chi connectivity index (χ2n) is 5.49. The number of nitrogens with zero attached hydrogens (tertiary/aromatic N) is 1. The molecule has 1 N–H and O–H groups in total. The molecule has 1 aromatic rings. The summed E-state index contributed by atoms with van der Waals surface area (Å²) in [5.41, 5.74) is -0.916. The van der Waals surface area contributed by atoms with Crippen LogP contribution in [0.2, 0.25) is 0 Å². The molecule has 2 rings (SSSR count). The number of methoxy groups -OCH3 is 1. The van der Waals surface area contributed by atoms with E-state index in [4.69, 9.17) is 4.74 Å². The zero-order valence-corrected chi connectivity index (χ0v) is 14.6. The van der Waals surface area contributed by atoms with E-state index in [0.717, 1.165) is 12.8 Å². The second kappa shape index (κ2) is 6.24. The van der Waals surface area contributed by atoms with Crippen LogP contribution in [-0.2, 0) is 10.0 Å². The van der Waals surface area contributed by atoms with Crippen LogP contribution in [0, 0.1) is 0 Å². The Hall–Kier alpha value is -0.630. The first-order valence-electron chi connectivity index (χ1n) is 6.81. The Kier molecular flexibility index (Phi) is 4.97. The molecule has 0 saturated heterocycles. The molecular weight excluding hydrogens is 358 g/mol. The van der Waals surface area contributed by atoms with Gasteiger partial charge in [0.25, 0.3) is 0 Å². The Morgan fingerprint density at radius 3 is 2.57 bits per heavy atom. The van der Waals surface area contributed by atoms with E-state index >= 15 is 0 Å². The molecule has 0 bridgehead atoms. The first-order valence-corrected chi connectivity index (χ1v) is 9.04. The van der Waals surface area contributed by atoms with Gasteiger partial charge in [-0.25, -0.2) is 8.42 Å². The quantitative estimate of drug-likeness (QED) is 0.855. The lowest BCUT2D eigenvalue weighted by Crippen LogP contribution is -2.42. The Morgan fingerprint density at radius 2 is 2.00 bits per heavy atom. The highest BCUT2D eigenvalue weighted by Crippen LogP contribution is 2.33. The molecule has 0 radical (unpaired) electrons. The third kappa shape index (κ3) is 3.59. The second-order valence-corrected chi connectivity index (χ2v) is 8.42. The summed E-state index contributed by atoms with van der Waals surface area (Å²) in [7, 11) is -0.782. The van der Waals surface area contributed by atoms with Gasteiger partial charge in [-0.15, -0.1) is 0 Å². The molecule has 0 heterocycles. The van der Waals surface area contributed by atoms with Gasteiger partial charge >= 0.3 is 0 Å². The summed E-state index contributed by atoms with van der Waals surface area (Å²) < 4.78 is 32.4. The van der Waals surface area contributed by atoms with Crippen LogP contribution >= 0.6 is 15.9 Å². The van der Waals surface area contributed by atoms with E-state index < -0.39 is 15.6 Å². The molecule has 1 fully saturated rings. The van der Waals surface area contributed by atoms with E-state index in [1.807, 2.05) is 0 Å². The summed E-state index contributed by atoms with van der Waals surface area (Å²) in [4.78, 5) is 0.100.